The maximum absolute atomic E-state index is 3.92. The third-order valence-electron chi connectivity index (χ3n) is 2.11. The van der Waals surface area contributed by atoms with Crippen molar-refractivity contribution in [3.05, 3.63) is 5.82 Å². The summed E-state index contributed by atoms with van der Waals surface area (Å²) in [6, 6.07) is 0. The van der Waals surface area contributed by atoms with Gasteiger partial charge in [-0.3, -0.25) is 0 Å². The Hall–Kier alpha value is -1.59. The molecule has 2 heterocycles. The van der Waals surface area contributed by atoms with Crippen LogP contribution in [0, 0.1) is 5.92 Å². The van der Waals surface area contributed by atoms with Crippen LogP contribution in [-0.2, 0) is 0 Å². The molecule has 0 unspecified atom stereocenters. The minimum Gasteiger partial charge on any atom is -0.177 e. The largest absolute Gasteiger partial charge is 0.177 e. The van der Waals surface area contributed by atoms with Crippen molar-refractivity contribution in [3.63, 3.8) is 0 Å². The number of tetrazole rings is 1. The number of aromatic nitrogens is 4. The molecule has 96 valence electrons. The molecule has 0 amide bonds. The molecule has 0 saturated carbocycles. The average molecular weight is 238 g/mol. The van der Waals surface area contributed by atoms with Gasteiger partial charge in [-0.2, -0.15) is 15.4 Å². The zero-order valence-electron chi connectivity index (χ0n) is 10.2. The first-order valence-corrected chi connectivity index (χ1v) is 5.42. The van der Waals surface area contributed by atoms with E-state index in [2.05, 4.69) is 44.7 Å². The van der Waals surface area contributed by atoms with Gasteiger partial charge in [0.15, 0.2) is 5.82 Å². The van der Waals surface area contributed by atoms with Gasteiger partial charge in [0.1, 0.15) is 0 Å². The Morgan fingerprint density at radius 1 is 1.18 bits per heavy atom. The Labute approximate surface area is 103 Å². The number of hydrogen-bond acceptors (Lipinski definition) is 5. The van der Waals surface area contributed by atoms with Crippen LogP contribution in [0.25, 0.3) is 0 Å². The van der Waals surface area contributed by atoms with Crippen molar-refractivity contribution >= 4 is 11.9 Å². The van der Waals surface area contributed by atoms with Crippen LogP contribution in [0.2, 0.25) is 0 Å². The number of H-pyrrole nitrogens is 1. The van der Waals surface area contributed by atoms with Crippen molar-refractivity contribution in [3.8, 4) is 0 Å². The standard InChI is InChI=1S/C6H10N2.C4H8N4.CH4/c1-5(2)6-3-4-7-8-6;1-3(2)4-5-7-8-6-4;/h4-5H,3H2,1-2H3;3H,1-2H3,(H,5,6,7,8);1H4. The summed E-state index contributed by atoms with van der Waals surface area (Å²) in [5.41, 5.74) is 1.20. The van der Waals surface area contributed by atoms with Crippen LogP contribution < -0.4 is 0 Å². The summed E-state index contributed by atoms with van der Waals surface area (Å²) >= 11 is 0. The highest BCUT2D eigenvalue weighted by molar-refractivity contribution is 5.99. The first-order valence-electron chi connectivity index (χ1n) is 5.42. The van der Waals surface area contributed by atoms with E-state index in [0.717, 1.165) is 12.2 Å². The lowest BCUT2D eigenvalue weighted by atomic mass is 10.1. The van der Waals surface area contributed by atoms with E-state index in [1.54, 1.807) is 0 Å². The summed E-state index contributed by atoms with van der Waals surface area (Å²) in [5, 5.41) is 21.0. The topological polar surface area (TPSA) is 79.2 Å². The van der Waals surface area contributed by atoms with Crippen LogP contribution in [0.4, 0.5) is 0 Å². The van der Waals surface area contributed by atoms with Gasteiger partial charge in [0.05, 0.1) is 0 Å². The van der Waals surface area contributed by atoms with Crippen LogP contribution in [0.1, 0.15) is 53.3 Å². The zero-order valence-corrected chi connectivity index (χ0v) is 10.2. The van der Waals surface area contributed by atoms with Crippen molar-refractivity contribution in [2.45, 2.75) is 47.5 Å². The lowest BCUT2D eigenvalue weighted by Crippen LogP contribution is -2.03. The third-order valence-corrected chi connectivity index (χ3v) is 2.11. The third kappa shape index (κ3) is 5.33. The van der Waals surface area contributed by atoms with E-state index >= 15 is 0 Å². The van der Waals surface area contributed by atoms with E-state index in [1.165, 1.54) is 5.71 Å². The fourth-order valence-electron chi connectivity index (χ4n) is 1.06. The SMILES string of the molecule is C.CC(C)C1=NN=CC1.CC(C)c1nn[nH]n1. The summed E-state index contributed by atoms with van der Waals surface area (Å²) in [5.74, 6) is 1.70. The highest BCUT2D eigenvalue weighted by Gasteiger charge is 2.05. The normalized spacial score (nSPS) is 13.2. The van der Waals surface area contributed by atoms with Gasteiger partial charge >= 0.3 is 0 Å². The fourth-order valence-corrected chi connectivity index (χ4v) is 1.06. The molecule has 0 radical (unpaired) electrons. The Balaban J connectivity index is 0.000000284. The van der Waals surface area contributed by atoms with Gasteiger partial charge in [0, 0.05) is 24.3 Å². The monoisotopic (exact) mass is 238 g/mol. The molecule has 1 N–H and O–H groups in total. The smallest absolute Gasteiger partial charge is 0.177 e. The summed E-state index contributed by atoms with van der Waals surface area (Å²) in [4.78, 5) is 0. The molecule has 0 aromatic carbocycles. The van der Waals surface area contributed by atoms with Gasteiger partial charge in [-0.25, -0.2) is 0 Å². The number of nitrogens with one attached hydrogen (secondary N) is 1. The first-order chi connectivity index (χ1) is 7.61. The second-order valence-electron chi connectivity index (χ2n) is 4.17. The molecule has 6 nitrogen and oxygen atoms in total. The molecule has 1 aromatic heterocycles. The molecule has 1 aliphatic heterocycles. The Kier molecular flexibility index (Phi) is 6.93. The fraction of sp³-hybridized carbons (Fsp3) is 0.727. The number of aromatic amines is 1. The Morgan fingerprint density at radius 2 is 1.88 bits per heavy atom. The van der Waals surface area contributed by atoms with Crippen LogP contribution in [0.5, 0.6) is 0 Å². The summed E-state index contributed by atoms with van der Waals surface area (Å²) in [7, 11) is 0. The molecule has 6 heteroatoms. The lowest BCUT2D eigenvalue weighted by Gasteiger charge is -1.98. The molecule has 0 bridgehead atoms. The average Bonchev–Trinajstić information content (AvgIpc) is 2.93. The summed E-state index contributed by atoms with van der Waals surface area (Å²) in [6.07, 6.45) is 2.80. The minimum atomic E-state index is 0. The van der Waals surface area contributed by atoms with E-state index in [0.29, 0.717) is 11.8 Å². The second-order valence-corrected chi connectivity index (χ2v) is 4.17. The van der Waals surface area contributed by atoms with Gasteiger partial charge < -0.3 is 0 Å². The first kappa shape index (κ1) is 15.4. The van der Waals surface area contributed by atoms with Crippen LogP contribution in [0.3, 0.4) is 0 Å². The predicted octanol–water partition coefficient (Wildman–Crippen LogP) is 2.43. The van der Waals surface area contributed by atoms with Crippen LogP contribution >= 0.6 is 0 Å². The van der Waals surface area contributed by atoms with Gasteiger partial charge in [0.25, 0.3) is 0 Å². The van der Waals surface area contributed by atoms with Gasteiger partial charge in [0.2, 0.25) is 0 Å². The molecule has 0 spiro atoms. The molecule has 0 atom stereocenters. The number of rotatable bonds is 2. The van der Waals surface area contributed by atoms with Gasteiger partial charge in [-0.05, 0) is 5.92 Å². The number of nitrogens with zero attached hydrogens (tertiary/aromatic N) is 5. The van der Waals surface area contributed by atoms with E-state index < -0.39 is 0 Å². The summed E-state index contributed by atoms with van der Waals surface area (Å²) in [6.45, 7) is 8.30. The molecular weight excluding hydrogens is 216 g/mol. The van der Waals surface area contributed by atoms with Crippen molar-refractivity contribution < 1.29 is 0 Å². The molecule has 2 rings (SSSR count). The highest BCUT2D eigenvalue weighted by Crippen LogP contribution is 2.04. The maximum Gasteiger partial charge on any atom is 0.177 e. The molecule has 0 aliphatic carbocycles. The highest BCUT2D eigenvalue weighted by atomic mass is 15.5. The molecule has 17 heavy (non-hydrogen) atoms. The number of hydrogen-bond donors (Lipinski definition) is 1. The lowest BCUT2D eigenvalue weighted by molar-refractivity contribution is 0.778. The second kappa shape index (κ2) is 7.65. The zero-order chi connectivity index (χ0) is 12.0. The van der Waals surface area contributed by atoms with Gasteiger partial charge in [-0.15, -0.1) is 10.2 Å². The van der Waals surface area contributed by atoms with E-state index in [9.17, 15) is 0 Å². The van der Waals surface area contributed by atoms with E-state index in [1.807, 2.05) is 20.1 Å². The molecular formula is C11H22N6. The van der Waals surface area contributed by atoms with Crippen molar-refractivity contribution in [2.24, 2.45) is 16.1 Å². The maximum atomic E-state index is 3.92. The van der Waals surface area contributed by atoms with Crippen molar-refractivity contribution in [1.29, 1.82) is 0 Å². The van der Waals surface area contributed by atoms with Crippen molar-refractivity contribution in [2.75, 3.05) is 0 Å². The Morgan fingerprint density at radius 3 is 2.12 bits per heavy atom. The molecule has 0 saturated heterocycles. The van der Waals surface area contributed by atoms with Crippen LogP contribution in [-0.4, -0.2) is 32.6 Å². The quantitative estimate of drug-likeness (QED) is 0.859. The van der Waals surface area contributed by atoms with Crippen LogP contribution in [0.15, 0.2) is 10.2 Å². The van der Waals surface area contributed by atoms with Gasteiger partial charge in [-0.1, -0.05) is 40.3 Å². The molecule has 0 fully saturated rings. The van der Waals surface area contributed by atoms with E-state index in [4.69, 9.17) is 0 Å². The summed E-state index contributed by atoms with van der Waals surface area (Å²) < 4.78 is 0. The molecule has 1 aromatic rings. The molecule has 1 aliphatic rings. The predicted molar refractivity (Wildman–Crippen MR) is 70.4 cm³/mol. The minimum absolute atomic E-state index is 0. The van der Waals surface area contributed by atoms with E-state index in [-0.39, 0.29) is 7.43 Å². The van der Waals surface area contributed by atoms with Crippen molar-refractivity contribution in [1.82, 2.24) is 20.6 Å². The Bertz CT molecular complexity index is 350.